The molecule has 0 bridgehead atoms. The summed E-state index contributed by atoms with van der Waals surface area (Å²) >= 11 is 0. The molecule has 2 heterocycles. The lowest BCUT2D eigenvalue weighted by molar-refractivity contribution is 0.0595. The summed E-state index contributed by atoms with van der Waals surface area (Å²) in [5.74, 6) is -0.414. The number of benzene rings is 3. The molecule has 180 valence electrons. The van der Waals surface area contributed by atoms with E-state index in [1.165, 1.54) is 10.5 Å². The van der Waals surface area contributed by atoms with Crippen LogP contribution in [0, 0.1) is 0 Å². The van der Waals surface area contributed by atoms with Gasteiger partial charge in [0, 0.05) is 38.4 Å². The molecule has 0 radical (unpaired) electrons. The predicted molar refractivity (Wildman–Crippen MR) is 140 cm³/mol. The van der Waals surface area contributed by atoms with Crippen LogP contribution in [0.3, 0.4) is 0 Å². The summed E-state index contributed by atoms with van der Waals surface area (Å²) in [5.41, 5.74) is 5.02. The molecule has 1 N–H and O–H groups in total. The van der Waals surface area contributed by atoms with E-state index < -0.39 is 0 Å². The minimum Gasteiger partial charge on any atom is -0.381 e. The molecule has 0 aliphatic carbocycles. The Hall–Kier alpha value is -3.64. The second kappa shape index (κ2) is 9.92. The van der Waals surface area contributed by atoms with E-state index in [2.05, 4.69) is 34.2 Å². The van der Waals surface area contributed by atoms with Gasteiger partial charge in [-0.05, 0) is 48.9 Å². The molecule has 2 aliphatic heterocycles. The summed E-state index contributed by atoms with van der Waals surface area (Å²) in [6.45, 7) is 9.48. The van der Waals surface area contributed by atoms with Gasteiger partial charge in [0.05, 0.1) is 22.9 Å². The van der Waals surface area contributed by atoms with Crippen LogP contribution >= 0.6 is 0 Å². The van der Waals surface area contributed by atoms with Gasteiger partial charge in [0.1, 0.15) is 0 Å². The van der Waals surface area contributed by atoms with Crippen LogP contribution in [0.1, 0.15) is 51.7 Å². The van der Waals surface area contributed by atoms with E-state index in [1.54, 1.807) is 6.07 Å². The number of likely N-dealkylation sites (N-methyl/N-ethyl adjacent to an activating group) is 1. The summed E-state index contributed by atoms with van der Waals surface area (Å²) in [6.07, 6.45) is 0. The molecule has 6 heteroatoms. The number of hydrogen-bond acceptors (Lipinski definition) is 5. The third-order valence-corrected chi connectivity index (χ3v) is 7.18. The Balaban J connectivity index is 1.36. The quantitative estimate of drug-likeness (QED) is 0.505. The van der Waals surface area contributed by atoms with Crippen LogP contribution < -0.4 is 10.2 Å². The summed E-state index contributed by atoms with van der Waals surface area (Å²) in [6, 6.07) is 23.5. The number of nitrogens with zero attached hydrogens (tertiary/aromatic N) is 3. The Labute approximate surface area is 207 Å². The minimum absolute atomic E-state index is 0.200. The van der Waals surface area contributed by atoms with Crippen molar-refractivity contribution in [3.05, 3.63) is 95.1 Å². The van der Waals surface area contributed by atoms with Crippen molar-refractivity contribution < 1.29 is 9.59 Å². The molecule has 0 aromatic heterocycles. The third kappa shape index (κ3) is 4.54. The smallest absolute Gasteiger partial charge is 0.264 e. The standard InChI is InChI=1S/C29H32N4O2/c1-3-31-15-17-32(18-16-31)26-14-8-13-25-27(26)29(35)33(28(25)34)21(2)23-11-7-12-24(19-23)30-20-22-9-5-4-6-10-22/h4-14,19,21,30H,3,15-18,20H2,1-2H3. The fourth-order valence-corrected chi connectivity index (χ4v) is 5.06. The number of hydrogen-bond donors (Lipinski definition) is 1. The normalized spacial score (nSPS) is 17.0. The van der Waals surface area contributed by atoms with Crippen molar-refractivity contribution >= 4 is 23.2 Å². The highest BCUT2D eigenvalue weighted by atomic mass is 16.2. The Morgan fingerprint density at radius 1 is 0.857 bits per heavy atom. The number of amides is 2. The van der Waals surface area contributed by atoms with Crippen LogP contribution in [-0.2, 0) is 6.54 Å². The summed E-state index contributed by atoms with van der Waals surface area (Å²) in [5, 5.41) is 3.45. The maximum Gasteiger partial charge on any atom is 0.264 e. The van der Waals surface area contributed by atoms with Gasteiger partial charge in [-0.2, -0.15) is 0 Å². The molecule has 6 nitrogen and oxygen atoms in total. The number of fused-ring (bicyclic) bond motifs is 1. The molecule has 1 saturated heterocycles. The Kier molecular flexibility index (Phi) is 6.55. The van der Waals surface area contributed by atoms with E-state index in [1.807, 2.05) is 61.5 Å². The van der Waals surface area contributed by atoms with E-state index >= 15 is 0 Å². The number of carbonyl (C=O) groups is 2. The minimum atomic E-state index is -0.370. The maximum absolute atomic E-state index is 13.7. The average Bonchev–Trinajstić information content (AvgIpc) is 3.17. The van der Waals surface area contributed by atoms with Gasteiger partial charge in [0.2, 0.25) is 0 Å². The fourth-order valence-electron chi connectivity index (χ4n) is 5.06. The molecule has 0 spiro atoms. The highest BCUT2D eigenvalue weighted by Crippen LogP contribution is 2.37. The number of rotatable bonds is 7. The second-order valence-corrected chi connectivity index (χ2v) is 9.24. The van der Waals surface area contributed by atoms with Crippen LogP contribution in [0.2, 0.25) is 0 Å². The van der Waals surface area contributed by atoms with Gasteiger partial charge in [-0.15, -0.1) is 0 Å². The van der Waals surface area contributed by atoms with Gasteiger partial charge in [-0.25, -0.2) is 0 Å². The van der Waals surface area contributed by atoms with E-state index in [0.29, 0.717) is 17.7 Å². The Bertz CT molecular complexity index is 1220. The molecule has 2 aliphatic rings. The molecule has 1 fully saturated rings. The monoisotopic (exact) mass is 468 g/mol. The van der Waals surface area contributed by atoms with E-state index in [0.717, 1.165) is 49.7 Å². The lowest BCUT2D eigenvalue weighted by Crippen LogP contribution is -2.46. The molecular formula is C29H32N4O2. The molecular weight excluding hydrogens is 436 g/mol. The maximum atomic E-state index is 13.7. The van der Waals surface area contributed by atoms with Crippen LogP contribution in [0.25, 0.3) is 0 Å². The first-order valence-corrected chi connectivity index (χ1v) is 12.4. The molecule has 0 saturated carbocycles. The average molecular weight is 469 g/mol. The fraction of sp³-hybridized carbons (Fsp3) is 0.310. The molecule has 1 atom stereocenters. The number of anilines is 2. The summed E-state index contributed by atoms with van der Waals surface area (Å²) < 4.78 is 0. The predicted octanol–water partition coefficient (Wildman–Crippen LogP) is 4.80. The van der Waals surface area contributed by atoms with Crippen molar-refractivity contribution in [1.29, 1.82) is 0 Å². The van der Waals surface area contributed by atoms with Crippen molar-refractivity contribution in [2.45, 2.75) is 26.4 Å². The van der Waals surface area contributed by atoms with Crippen molar-refractivity contribution in [2.75, 3.05) is 42.9 Å². The van der Waals surface area contributed by atoms with Crippen LogP contribution in [0.15, 0.2) is 72.8 Å². The zero-order valence-electron chi connectivity index (χ0n) is 20.4. The molecule has 2 amide bonds. The molecule has 3 aromatic carbocycles. The topological polar surface area (TPSA) is 55.9 Å². The first-order chi connectivity index (χ1) is 17.1. The SMILES string of the molecule is CCN1CCN(c2cccc3c2C(=O)N(C(C)c2cccc(NCc4ccccc4)c2)C3=O)CC1. The molecule has 35 heavy (non-hydrogen) atoms. The second-order valence-electron chi connectivity index (χ2n) is 9.24. The number of nitrogens with one attached hydrogen (secondary N) is 1. The first-order valence-electron chi connectivity index (χ1n) is 12.4. The highest BCUT2D eigenvalue weighted by Gasteiger charge is 2.41. The molecule has 3 aromatic rings. The Morgan fingerprint density at radius 2 is 1.60 bits per heavy atom. The van der Waals surface area contributed by atoms with Gasteiger partial charge in [0.15, 0.2) is 0 Å². The van der Waals surface area contributed by atoms with Crippen molar-refractivity contribution in [3.63, 3.8) is 0 Å². The van der Waals surface area contributed by atoms with Crippen LogP contribution in [0.5, 0.6) is 0 Å². The van der Waals surface area contributed by atoms with E-state index in [9.17, 15) is 9.59 Å². The largest absolute Gasteiger partial charge is 0.381 e. The highest BCUT2D eigenvalue weighted by molar-refractivity contribution is 6.24. The third-order valence-electron chi connectivity index (χ3n) is 7.18. The molecule has 5 rings (SSSR count). The van der Waals surface area contributed by atoms with E-state index in [-0.39, 0.29) is 17.9 Å². The van der Waals surface area contributed by atoms with Crippen LogP contribution in [0.4, 0.5) is 11.4 Å². The van der Waals surface area contributed by atoms with Crippen molar-refractivity contribution in [2.24, 2.45) is 0 Å². The van der Waals surface area contributed by atoms with Gasteiger partial charge >= 0.3 is 0 Å². The van der Waals surface area contributed by atoms with Gasteiger partial charge in [-0.3, -0.25) is 14.5 Å². The number of imide groups is 1. The van der Waals surface area contributed by atoms with Crippen molar-refractivity contribution in [3.8, 4) is 0 Å². The number of piperazine rings is 1. The first kappa shape index (κ1) is 23.1. The van der Waals surface area contributed by atoms with Gasteiger partial charge in [-0.1, -0.05) is 55.5 Å². The number of carbonyl (C=O) groups excluding carboxylic acids is 2. The zero-order chi connectivity index (χ0) is 24.4. The molecule has 1 unspecified atom stereocenters. The zero-order valence-corrected chi connectivity index (χ0v) is 20.4. The van der Waals surface area contributed by atoms with Gasteiger partial charge < -0.3 is 15.1 Å². The lowest BCUT2D eigenvalue weighted by Gasteiger charge is -2.36. The van der Waals surface area contributed by atoms with Crippen molar-refractivity contribution in [1.82, 2.24) is 9.80 Å². The summed E-state index contributed by atoms with van der Waals surface area (Å²) in [7, 11) is 0. The van der Waals surface area contributed by atoms with Gasteiger partial charge in [0.25, 0.3) is 11.8 Å². The summed E-state index contributed by atoms with van der Waals surface area (Å²) in [4.78, 5) is 33.1. The van der Waals surface area contributed by atoms with Crippen LogP contribution in [-0.4, -0.2) is 54.3 Å². The Morgan fingerprint density at radius 3 is 2.34 bits per heavy atom. The lowest BCUT2D eigenvalue weighted by atomic mass is 10.1. The van der Waals surface area contributed by atoms with E-state index in [4.69, 9.17) is 0 Å².